The molecule has 0 radical (unpaired) electrons. The van der Waals surface area contributed by atoms with E-state index in [9.17, 15) is 0 Å². The summed E-state index contributed by atoms with van der Waals surface area (Å²) in [6.45, 7) is 2.17. The van der Waals surface area contributed by atoms with Gasteiger partial charge >= 0.3 is 0 Å². The van der Waals surface area contributed by atoms with Crippen molar-refractivity contribution in [3.05, 3.63) is 29.3 Å². The van der Waals surface area contributed by atoms with Gasteiger partial charge in [-0.3, -0.25) is 0 Å². The van der Waals surface area contributed by atoms with Crippen LogP contribution >= 0.6 is 0 Å². The molecule has 2 N–H and O–H groups in total. The van der Waals surface area contributed by atoms with Gasteiger partial charge in [-0.15, -0.1) is 0 Å². The van der Waals surface area contributed by atoms with Crippen molar-refractivity contribution in [3.8, 4) is 5.75 Å². The third kappa shape index (κ3) is 1.74. The summed E-state index contributed by atoms with van der Waals surface area (Å²) in [4.78, 5) is 0. The minimum atomic E-state index is 0.138. The lowest BCUT2D eigenvalue weighted by molar-refractivity contribution is 0.105. The predicted octanol–water partition coefficient (Wildman–Crippen LogP) is 3.31. The SMILES string of the molecule is COc1ccc(C)cc1C12CCC(N)(CC1)CC2. The highest BCUT2D eigenvalue weighted by atomic mass is 16.5. The lowest BCUT2D eigenvalue weighted by Crippen LogP contribution is -2.53. The molecular formula is C16H23NO. The molecule has 0 amide bonds. The molecule has 0 aliphatic heterocycles. The van der Waals surface area contributed by atoms with Crippen LogP contribution in [0.5, 0.6) is 5.75 Å². The van der Waals surface area contributed by atoms with Gasteiger partial charge in [0.2, 0.25) is 0 Å². The molecule has 0 atom stereocenters. The van der Waals surface area contributed by atoms with Crippen LogP contribution in [0, 0.1) is 6.92 Å². The molecule has 3 fully saturated rings. The van der Waals surface area contributed by atoms with Gasteiger partial charge in [0.25, 0.3) is 0 Å². The van der Waals surface area contributed by atoms with Gasteiger partial charge in [0, 0.05) is 11.1 Å². The van der Waals surface area contributed by atoms with Crippen LogP contribution in [0.1, 0.15) is 49.7 Å². The maximum absolute atomic E-state index is 6.40. The molecule has 4 rings (SSSR count). The highest BCUT2D eigenvalue weighted by Gasteiger charge is 2.48. The molecule has 98 valence electrons. The van der Waals surface area contributed by atoms with Crippen LogP contribution in [0.4, 0.5) is 0 Å². The van der Waals surface area contributed by atoms with Crippen LogP contribution in [-0.4, -0.2) is 12.6 Å². The number of fused-ring (bicyclic) bond motifs is 3. The van der Waals surface area contributed by atoms with Gasteiger partial charge < -0.3 is 10.5 Å². The number of hydrogen-bond acceptors (Lipinski definition) is 2. The second kappa shape index (κ2) is 3.99. The number of hydrogen-bond donors (Lipinski definition) is 1. The van der Waals surface area contributed by atoms with E-state index in [4.69, 9.17) is 10.5 Å². The molecule has 0 spiro atoms. The molecule has 0 saturated heterocycles. The highest BCUT2D eigenvalue weighted by Crippen LogP contribution is 2.54. The van der Waals surface area contributed by atoms with E-state index in [1.807, 2.05) is 0 Å². The summed E-state index contributed by atoms with van der Waals surface area (Å²) in [5.74, 6) is 1.06. The predicted molar refractivity (Wildman–Crippen MR) is 74.0 cm³/mol. The Hall–Kier alpha value is -1.02. The Morgan fingerprint density at radius 2 is 1.67 bits per heavy atom. The van der Waals surface area contributed by atoms with Gasteiger partial charge in [-0.2, -0.15) is 0 Å². The maximum atomic E-state index is 6.40. The average Bonchev–Trinajstić information content (AvgIpc) is 2.40. The molecule has 2 bridgehead atoms. The lowest BCUT2D eigenvalue weighted by atomic mass is 9.55. The molecule has 3 aliphatic carbocycles. The zero-order chi connectivity index (χ0) is 12.8. The number of ether oxygens (including phenoxy) is 1. The molecular weight excluding hydrogens is 222 g/mol. The Morgan fingerprint density at radius 3 is 2.22 bits per heavy atom. The van der Waals surface area contributed by atoms with E-state index in [0.29, 0.717) is 5.41 Å². The van der Waals surface area contributed by atoms with Crippen molar-refractivity contribution in [2.45, 2.75) is 56.4 Å². The average molecular weight is 245 g/mol. The fourth-order valence-corrected chi connectivity index (χ4v) is 3.85. The molecule has 2 nitrogen and oxygen atoms in total. The molecule has 18 heavy (non-hydrogen) atoms. The summed E-state index contributed by atoms with van der Waals surface area (Å²) in [6.07, 6.45) is 7.19. The first kappa shape index (κ1) is 12.0. The molecule has 0 heterocycles. The van der Waals surface area contributed by atoms with Gasteiger partial charge in [-0.25, -0.2) is 0 Å². The third-order valence-electron chi connectivity index (χ3n) is 5.23. The van der Waals surface area contributed by atoms with Crippen molar-refractivity contribution >= 4 is 0 Å². The van der Waals surface area contributed by atoms with Gasteiger partial charge in [0.1, 0.15) is 5.75 Å². The maximum Gasteiger partial charge on any atom is 0.122 e. The number of rotatable bonds is 2. The second-order valence-electron chi connectivity index (χ2n) is 6.35. The van der Waals surface area contributed by atoms with E-state index in [1.165, 1.54) is 49.7 Å². The Morgan fingerprint density at radius 1 is 1.06 bits per heavy atom. The quantitative estimate of drug-likeness (QED) is 0.867. The molecule has 0 aromatic heterocycles. The number of nitrogens with two attached hydrogens (primary N) is 1. The molecule has 1 aromatic carbocycles. The van der Waals surface area contributed by atoms with Crippen LogP contribution in [0.2, 0.25) is 0 Å². The van der Waals surface area contributed by atoms with Crippen LogP contribution in [0.3, 0.4) is 0 Å². The molecule has 2 heteroatoms. The topological polar surface area (TPSA) is 35.2 Å². The Kier molecular flexibility index (Phi) is 2.67. The van der Waals surface area contributed by atoms with Gasteiger partial charge in [0.15, 0.2) is 0 Å². The van der Waals surface area contributed by atoms with Crippen molar-refractivity contribution in [2.75, 3.05) is 7.11 Å². The number of benzene rings is 1. The normalized spacial score (nSPS) is 34.6. The first-order valence-electron chi connectivity index (χ1n) is 7.01. The van der Waals surface area contributed by atoms with Crippen LogP contribution in [0.15, 0.2) is 18.2 Å². The van der Waals surface area contributed by atoms with Crippen LogP contribution in [-0.2, 0) is 5.41 Å². The third-order valence-corrected chi connectivity index (χ3v) is 5.23. The Balaban J connectivity index is 2.02. The minimum Gasteiger partial charge on any atom is -0.496 e. The van der Waals surface area contributed by atoms with Gasteiger partial charge in [-0.1, -0.05) is 17.7 Å². The van der Waals surface area contributed by atoms with Crippen molar-refractivity contribution in [1.29, 1.82) is 0 Å². The monoisotopic (exact) mass is 245 g/mol. The van der Waals surface area contributed by atoms with Gasteiger partial charge in [-0.05, 0) is 56.9 Å². The second-order valence-corrected chi connectivity index (χ2v) is 6.35. The fourth-order valence-electron chi connectivity index (χ4n) is 3.85. The van der Waals surface area contributed by atoms with Crippen molar-refractivity contribution in [3.63, 3.8) is 0 Å². The zero-order valence-corrected chi connectivity index (χ0v) is 11.5. The van der Waals surface area contributed by atoms with E-state index in [-0.39, 0.29) is 5.54 Å². The molecule has 1 aromatic rings. The van der Waals surface area contributed by atoms with E-state index in [0.717, 1.165) is 5.75 Å². The minimum absolute atomic E-state index is 0.138. The van der Waals surface area contributed by atoms with Crippen LogP contribution in [0.25, 0.3) is 0 Å². The number of aryl methyl sites for hydroxylation is 1. The summed E-state index contributed by atoms with van der Waals surface area (Å²) < 4.78 is 5.59. The molecule has 0 unspecified atom stereocenters. The van der Waals surface area contributed by atoms with Crippen molar-refractivity contribution < 1.29 is 4.74 Å². The summed E-state index contributed by atoms with van der Waals surface area (Å²) in [6, 6.07) is 6.59. The van der Waals surface area contributed by atoms with Gasteiger partial charge in [0.05, 0.1) is 7.11 Å². The first-order chi connectivity index (χ1) is 8.57. The van der Waals surface area contributed by atoms with E-state index in [2.05, 4.69) is 25.1 Å². The standard InChI is InChI=1S/C16H23NO/c1-12-3-4-14(18-2)13(11-12)15-5-8-16(17,9-6-15)10-7-15/h3-4,11H,5-10,17H2,1-2H3. The summed E-state index contributed by atoms with van der Waals surface area (Å²) in [7, 11) is 1.78. The fraction of sp³-hybridized carbons (Fsp3) is 0.625. The van der Waals surface area contributed by atoms with E-state index < -0.39 is 0 Å². The lowest BCUT2D eigenvalue weighted by Gasteiger charge is -2.52. The Labute approximate surface area is 110 Å². The molecule has 3 aliphatic rings. The van der Waals surface area contributed by atoms with Crippen molar-refractivity contribution in [2.24, 2.45) is 5.73 Å². The summed E-state index contributed by atoms with van der Waals surface area (Å²) in [5.41, 5.74) is 9.62. The van der Waals surface area contributed by atoms with E-state index in [1.54, 1.807) is 7.11 Å². The van der Waals surface area contributed by atoms with E-state index >= 15 is 0 Å². The highest BCUT2D eigenvalue weighted by molar-refractivity contribution is 5.43. The van der Waals surface area contributed by atoms with Crippen molar-refractivity contribution in [1.82, 2.24) is 0 Å². The summed E-state index contributed by atoms with van der Waals surface area (Å²) >= 11 is 0. The van der Waals surface area contributed by atoms with Crippen LogP contribution < -0.4 is 10.5 Å². The number of methoxy groups -OCH3 is 1. The Bertz CT molecular complexity index is 442. The molecule has 3 saturated carbocycles. The first-order valence-corrected chi connectivity index (χ1v) is 7.01. The summed E-state index contributed by atoms with van der Waals surface area (Å²) in [5, 5.41) is 0. The smallest absolute Gasteiger partial charge is 0.122 e. The largest absolute Gasteiger partial charge is 0.496 e. The zero-order valence-electron chi connectivity index (χ0n) is 11.5.